The molecular formula is C19H28IN5O2S. The molecule has 0 bridgehead atoms. The molecule has 2 rings (SSSR count). The van der Waals surface area contributed by atoms with Crippen molar-refractivity contribution < 1.29 is 8.42 Å². The Balaban J connectivity index is 0.00000392. The molecule has 0 spiro atoms. The highest BCUT2D eigenvalue weighted by atomic mass is 127. The van der Waals surface area contributed by atoms with Gasteiger partial charge in [0.1, 0.15) is 0 Å². The number of hydrogen-bond acceptors (Lipinski definition) is 4. The van der Waals surface area contributed by atoms with Gasteiger partial charge in [-0.1, -0.05) is 30.3 Å². The van der Waals surface area contributed by atoms with Crippen LogP contribution in [0.25, 0.3) is 0 Å². The summed E-state index contributed by atoms with van der Waals surface area (Å²) >= 11 is 0. The number of benzene rings is 1. The summed E-state index contributed by atoms with van der Waals surface area (Å²) < 4.78 is 27.1. The molecule has 2 aromatic rings. The number of nitrogens with zero attached hydrogens (tertiary/aromatic N) is 2. The molecule has 1 heterocycles. The fourth-order valence-electron chi connectivity index (χ4n) is 2.55. The van der Waals surface area contributed by atoms with Crippen molar-refractivity contribution in [1.82, 2.24) is 20.3 Å². The molecule has 0 aliphatic carbocycles. The minimum atomic E-state index is -3.38. The zero-order chi connectivity index (χ0) is 19.7. The van der Waals surface area contributed by atoms with Crippen molar-refractivity contribution in [2.75, 3.05) is 7.05 Å². The quantitative estimate of drug-likeness (QED) is 0.284. The molecule has 1 aromatic heterocycles. The minimum absolute atomic E-state index is 0. The Hall–Kier alpha value is -1.72. The molecule has 0 aliphatic rings. The lowest BCUT2D eigenvalue weighted by Crippen LogP contribution is -2.37. The van der Waals surface area contributed by atoms with Crippen LogP contribution in [-0.2, 0) is 28.9 Å². The van der Waals surface area contributed by atoms with Crippen LogP contribution in [0.3, 0.4) is 0 Å². The normalized spacial score (nSPS) is 11.8. The van der Waals surface area contributed by atoms with Crippen molar-refractivity contribution >= 4 is 40.0 Å². The van der Waals surface area contributed by atoms with E-state index < -0.39 is 10.0 Å². The van der Waals surface area contributed by atoms with Gasteiger partial charge >= 0.3 is 0 Å². The van der Waals surface area contributed by atoms with E-state index >= 15 is 0 Å². The van der Waals surface area contributed by atoms with E-state index in [4.69, 9.17) is 0 Å². The van der Waals surface area contributed by atoms with Crippen LogP contribution in [0, 0.1) is 0 Å². The summed E-state index contributed by atoms with van der Waals surface area (Å²) in [5.74, 6) is 0.571. The van der Waals surface area contributed by atoms with E-state index in [0.717, 1.165) is 16.8 Å². The standard InChI is InChI=1S/C19H27N5O2S.HI/c1-15(2)24-27(25,26)14-17-9-5-4-8-16(17)12-22-19(20-3)23-13-18-10-6-7-11-21-18;/h4-11,15,24H,12-14H2,1-3H3,(H2,20,22,23);1H. The van der Waals surface area contributed by atoms with Gasteiger partial charge in [-0.3, -0.25) is 9.98 Å². The van der Waals surface area contributed by atoms with Crippen LogP contribution in [0.4, 0.5) is 0 Å². The third-order valence-electron chi connectivity index (χ3n) is 3.71. The molecule has 0 unspecified atom stereocenters. The first-order valence-electron chi connectivity index (χ1n) is 8.81. The van der Waals surface area contributed by atoms with Gasteiger partial charge in [-0.15, -0.1) is 24.0 Å². The van der Waals surface area contributed by atoms with Crippen molar-refractivity contribution in [3.63, 3.8) is 0 Å². The molecule has 154 valence electrons. The molecule has 7 nitrogen and oxygen atoms in total. The monoisotopic (exact) mass is 517 g/mol. The minimum Gasteiger partial charge on any atom is -0.352 e. The Morgan fingerprint density at radius 2 is 1.68 bits per heavy atom. The second-order valence-electron chi connectivity index (χ2n) is 6.40. The zero-order valence-electron chi connectivity index (χ0n) is 16.3. The molecule has 0 fully saturated rings. The molecule has 1 aromatic carbocycles. The average molecular weight is 517 g/mol. The van der Waals surface area contributed by atoms with E-state index in [1.165, 1.54) is 0 Å². The first kappa shape index (κ1) is 24.3. The molecule has 0 amide bonds. The number of aliphatic imine (C=N–C) groups is 1. The first-order valence-corrected chi connectivity index (χ1v) is 10.5. The summed E-state index contributed by atoms with van der Waals surface area (Å²) in [4.78, 5) is 8.46. The lowest BCUT2D eigenvalue weighted by molar-refractivity contribution is 0.568. The third kappa shape index (κ3) is 8.53. The fourth-order valence-corrected chi connectivity index (χ4v) is 4.05. The van der Waals surface area contributed by atoms with Crippen molar-refractivity contribution in [1.29, 1.82) is 0 Å². The Morgan fingerprint density at radius 1 is 1.04 bits per heavy atom. The van der Waals surface area contributed by atoms with Gasteiger partial charge in [0.05, 0.1) is 18.0 Å². The van der Waals surface area contributed by atoms with Gasteiger partial charge in [0.2, 0.25) is 10.0 Å². The molecule has 9 heteroatoms. The van der Waals surface area contributed by atoms with Gasteiger partial charge in [-0.05, 0) is 37.1 Å². The Morgan fingerprint density at radius 3 is 2.29 bits per heavy atom. The van der Waals surface area contributed by atoms with Gasteiger partial charge in [-0.2, -0.15) is 0 Å². The van der Waals surface area contributed by atoms with E-state index in [0.29, 0.717) is 19.0 Å². The molecule has 0 saturated carbocycles. The second-order valence-corrected chi connectivity index (χ2v) is 8.15. The molecule has 28 heavy (non-hydrogen) atoms. The van der Waals surface area contributed by atoms with Crippen LogP contribution in [0.2, 0.25) is 0 Å². The largest absolute Gasteiger partial charge is 0.352 e. The predicted molar refractivity (Wildman–Crippen MR) is 124 cm³/mol. The Kier molecular flexibility index (Phi) is 10.4. The highest BCUT2D eigenvalue weighted by molar-refractivity contribution is 14.0. The van der Waals surface area contributed by atoms with E-state index in [9.17, 15) is 8.42 Å². The smallest absolute Gasteiger partial charge is 0.216 e. The van der Waals surface area contributed by atoms with Gasteiger partial charge in [0, 0.05) is 25.8 Å². The van der Waals surface area contributed by atoms with Crippen LogP contribution in [0.15, 0.2) is 53.7 Å². The Labute approximate surface area is 184 Å². The van der Waals surface area contributed by atoms with Gasteiger partial charge in [-0.25, -0.2) is 13.1 Å². The van der Waals surface area contributed by atoms with Crippen LogP contribution < -0.4 is 15.4 Å². The molecule has 0 atom stereocenters. The number of hydrogen-bond donors (Lipinski definition) is 3. The lowest BCUT2D eigenvalue weighted by atomic mass is 10.1. The number of aromatic nitrogens is 1. The molecule has 0 radical (unpaired) electrons. The third-order valence-corrected chi connectivity index (χ3v) is 5.23. The summed E-state index contributed by atoms with van der Waals surface area (Å²) in [6.07, 6.45) is 1.75. The van der Waals surface area contributed by atoms with E-state index in [1.807, 2.05) is 56.3 Å². The number of halogens is 1. The summed E-state index contributed by atoms with van der Waals surface area (Å²) in [6.45, 7) is 4.63. The van der Waals surface area contributed by atoms with Crippen molar-refractivity contribution in [3.8, 4) is 0 Å². The molecule has 0 saturated heterocycles. The summed E-state index contributed by atoms with van der Waals surface area (Å²) in [7, 11) is -1.69. The van der Waals surface area contributed by atoms with E-state index in [1.54, 1.807) is 13.2 Å². The van der Waals surface area contributed by atoms with Gasteiger partial charge in [0.15, 0.2) is 5.96 Å². The SMILES string of the molecule is CN=C(NCc1ccccn1)NCc1ccccc1CS(=O)(=O)NC(C)C.I. The van der Waals surface area contributed by atoms with E-state index in [-0.39, 0.29) is 35.8 Å². The Bertz CT molecular complexity index is 858. The maximum atomic E-state index is 12.2. The summed E-state index contributed by atoms with van der Waals surface area (Å²) in [5.41, 5.74) is 2.58. The zero-order valence-corrected chi connectivity index (χ0v) is 19.5. The number of sulfonamides is 1. The van der Waals surface area contributed by atoms with Crippen LogP contribution in [0.1, 0.15) is 30.7 Å². The molecular weight excluding hydrogens is 489 g/mol. The highest BCUT2D eigenvalue weighted by Crippen LogP contribution is 2.12. The lowest BCUT2D eigenvalue weighted by Gasteiger charge is -2.15. The van der Waals surface area contributed by atoms with Crippen molar-refractivity contribution in [3.05, 3.63) is 65.5 Å². The van der Waals surface area contributed by atoms with Gasteiger partial charge < -0.3 is 10.6 Å². The fraction of sp³-hybridized carbons (Fsp3) is 0.368. The first-order chi connectivity index (χ1) is 12.9. The summed E-state index contributed by atoms with van der Waals surface area (Å²) in [5, 5.41) is 6.41. The maximum absolute atomic E-state index is 12.2. The topological polar surface area (TPSA) is 95.5 Å². The predicted octanol–water partition coefficient (Wildman–Crippen LogP) is 2.39. The second kappa shape index (κ2) is 12.0. The highest BCUT2D eigenvalue weighted by Gasteiger charge is 2.15. The maximum Gasteiger partial charge on any atom is 0.216 e. The number of pyridine rings is 1. The van der Waals surface area contributed by atoms with Gasteiger partial charge in [0.25, 0.3) is 0 Å². The average Bonchev–Trinajstić information content (AvgIpc) is 2.62. The van der Waals surface area contributed by atoms with Crippen molar-refractivity contribution in [2.24, 2.45) is 4.99 Å². The van der Waals surface area contributed by atoms with Crippen molar-refractivity contribution in [2.45, 2.75) is 38.7 Å². The van der Waals surface area contributed by atoms with E-state index in [2.05, 4.69) is 25.3 Å². The number of nitrogens with one attached hydrogen (secondary N) is 3. The van der Waals surface area contributed by atoms with Crippen LogP contribution >= 0.6 is 24.0 Å². The van der Waals surface area contributed by atoms with Crippen LogP contribution in [0.5, 0.6) is 0 Å². The van der Waals surface area contributed by atoms with Crippen LogP contribution in [-0.4, -0.2) is 32.5 Å². The molecule has 3 N–H and O–H groups in total. The molecule has 0 aliphatic heterocycles. The summed E-state index contributed by atoms with van der Waals surface area (Å²) in [6, 6.07) is 13.1. The number of rotatable bonds is 8. The number of guanidine groups is 1.